The average molecular weight is 591 g/mol. The summed E-state index contributed by atoms with van der Waals surface area (Å²) in [5.74, 6) is -0.898. The van der Waals surface area contributed by atoms with E-state index in [0.717, 1.165) is 21.9 Å². The molecule has 0 aromatic heterocycles. The van der Waals surface area contributed by atoms with Crippen molar-refractivity contribution >= 4 is 50.7 Å². The first-order valence-corrected chi connectivity index (χ1v) is 14.8. The van der Waals surface area contributed by atoms with E-state index < -0.39 is 28.5 Å². The molecule has 3 aromatic rings. The lowest BCUT2D eigenvalue weighted by atomic mass is 10.1. The van der Waals surface area contributed by atoms with E-state index in [4.69, 9.17) is 23.2 Å². The second-order valence-electron chi connectivity index (χ2n) is 9.36. The van der Waals surface area contributed by atoms with Gasteiger partial charge >= 0.3 is 0 Å². The number of aryl methyl sites for hydroxylation is 1. The highest BCUT2D eigenvalue weighted by Crippen LogP contribution is 2.33. The maximum absolute atomic E-state index is 14.0. The molecule has 0 spiro atoms. The highest BCUT2D eigenvalue weighted by Gasteiger charge is 2.33. The molecule has 0 bridgehead atoms. The molecule has 0 aliphatic rings. The summed E-state index contributed by atoms with van der Waals surface area (Å²) in [5.41, 5.74) is 1.85. The van der Waals surface area contributed by atoms with Gasteiger partial charge in [0.15, 0.2) is 0 Å². The van der Waals surface area contributed by atoms with Crippen LogP contribution in [0.1, 0.15) is 38.3 Å². The predicted molar refractivity (Wildman–Crippen MR) is 157 cm³/mol. The summed E-state index contributed by atoms with van der Waals surface area (Å²) in [6.45, 7) is 6.91. The number of anilines is 1. The molecule has 2 atom stereocenters. The van der Waals surface area contributed by atoms with Crippen LogP contribution in [0.2, 0.25) is 10.0 Å². The third kappa shape index (κ3) is 7.53. The zero-order chi connectivity index (χ0) is 28.7. The Bertz CT molecular complexity index is 1420. The SMILES string of the molecule is CCC(C)NC(=O)C(C)N(Cc1ccccc1C)C(=O)CN(c1cc(Cl)ccc1Cl)S(=O)(=O)c1ccccc1. The minimum atomic E-state index is -4.23. The van der Waals surface area contributed by atoms with Crippen LogP contribution in [-0.2, 0) is 26.2 Å². The van der Waals surface area contributed by atoms with Gasteiger partial charge < -0.3 is 10.2 Å². The molecule has 1 N–H and O–H groups in total. The fourth-order valence-electron chi connectivity index (χ4n) is 3.93. The molecule has 3 aromatic carbocycles. The van der Waals surface area contributed by atoms with Crippen LogP contribution in [0.15, 0.2) is 77.7 Å². The first-order valence-electron chi connectivity index (χ1n) is 12.6. The summed E-state index contributed by atoms with van der Waals surface area (Å²) >= 11 is 12.6. The quantitative estimate of drug-likeness (QED) is 0.305. The Balaban J connectivity index is 2.07. The van der Waals surface area contributed by atoms with E-state index in [1.54, 1.807) is 25.1 Å². The van der Waals surface area contributed by atoms with E-state index >= 15 is 0 Å². The maximum atomic E-state index is 14.0. The Morgan fingerprint density at radius 1 is 0.949 bits per heavy atom. The fraction of sp³-hybridized carbons (Fsp3) is 0.310. The van der Waals surface area contributed by atoms with Gasteiger partial charge in [-0.05, 0) is 68.7 Å². The summed E-state index contributed by atoms with van der Waals surface area (Å²) in [4.78, 5) is 28.5. The number of amides is 2. The van der Waals surface area contributed by atoms with Crippen LogP contribution in [0.3, 0.4) is 0 Å². The van der Waals surface area contributed by atoms with Gasteiger partial charge in [-0.1, -0.05) is 72.6 Å². The number of nitrogens with one attached hydrogen (secondary N) is 1. The third-order valence-corrected chi connectivity index (χ3v) is 8.89. The van der Waals surface area contributed by atoms with Gasteiger partial charge in [-0.2, -0.15) is 0 Å². The van der Waals surface area contributed by atoms with E-state index in [1.165, 1.54) is 35.2 Å². The van der Waals surface area contributed by atoms with E-state index in [0.29, 0.717) is 0 Å². The monoisotopic (exact) mass is 589 g/mol. The van der Waals surface area contributed by atoms with Crippen molar-refractivity contribution in [3.63, 3.8) is 0 Å². The lowest BCUT2D eigenvalue weighted by Crippen LogP contribution is -2.52. The number of nitrogens with zero attached hydrogens (tertiary/aromatic N) is 2. The summed E-state index contributed by atoms with van der Waals surface area (Å²) in [6, 6.07) is 18.8. The molecule has 39 heavy (non-hydrogen) atoms. The Labute approximate surface area is 240 Å². The standard InChI is InChI=1S/C29H33Cl2N3O4S/c1-5-21(3)32-29(36)22(4)33(18-23-12-10-9-11-20(23)2)28(35)19-34(27-17-24(30)15-16-26(27)31)39(37,38)25-13-7-6-8-14-25/h6-17,21-22H,5,18-19H2,1-4H3,(H,32,36). The average Bonchev–Trinajstić information content (AvgIpc) is 2.92. The first-order chi connectivity index (χ1) is 18.4. The minimum absolute atomic E-state index is 0.0122. The van der Waals surface area contributed by atoms with Gasteiger partial charge in [0.05, 0.1) is 15.6 Å². The molecule has 0 saturated carbocycles. The van der Waals surface area contributed by atoms with Crippen molar-refractivity contribution in [1.29, 1.82) is 0 Å². The number of sulfonamides is 1. The Kier molecular flexibility index (Phi) is 10.4. The largest absolute Gasteiger partial charge is 0.352 e. The van der Waals surface area contributed by atoms with Gasteiger partial charge in [-0.15, -0.1) is 0 Å². The van der Waals surface area contributed by atoms with Crippen LogP contribution in [0.25, 0.3) is 0 Å². The van der Waals surface area contributed by atoms with Crippen LogP contribution in [0, 0.1) is 6.92 Å². The fourth-order valence-corrected chi connectivity index (χ4v) is 5.81. The summed E-state index contributed by atoms with van der Waals surface area (Å²) in [5, 5.41) is 3.29. The molecule has 0 aliphatic carbocycles. The zero-order valence-electron chi connectivity index (χ0n) is 22.4. The minimum Gasteiger partial charge on any atom is -0.352 e. The maximum Gasteiger partial charge on any atom is 0.264 e. The highest BCUT2D eigenvalue weighted by molar-refractivity contribution is 7.92. The second kappa shape index (κ2) is 13.3. The number of carbonyl (C=O) groups is 2. The van der Waals surface area contributed by atoms with Crippen LogP contribution in [0.4, 0.5) is 5.69 Å². The van der Waals surface area contributed by atoms with E-state index in [2.05, 4.69) is 5.32 Å². The molecule has 3 rings (SSSR count). The summed E-state index contributed by atoms with van der Waals surface area (Å²) in [6.07, 6.45) is 0.723. The molecule has 208 valence electrons. The molecule has 0 fully saturated rings. The number of hydrogen-bond donors (Lipinski definition) is 1. The molecule has 10 heteroatoms. The number of carbonyl (C=O) groups excluding carboxylic acids is 2. The van der Waals surface area contributed by atoms with E-state index in [1.807, 2.05) is 45.0 Å². The lowest BCUT2D eigenvalue weighted by Gasteiger charge is -2.33. The highest BCUT2D eigenvalue weighted by atomic mass is 35.5. The van der Waals surface area contributed by atoms with Crippen LogP contribution in [0.5, 0.6) is 0 Å². The van der Waals surface area contributed by atoms with Gasteiger partial charge in [0, 0.05) is 17.6 Å². The summed E-state index contributed by atoms with van der Waals surface area (Å²) < 4.78 is 28.6. The Morgan fingerprint density at radius 2 is 1.59 bits per heavy atom. The van der Waals surface area contributed by atoms with Crippen molar-refractivity contribution in [2.75, 3.05) is 10.8 Å². The topological polar surface area (TPSA) is 86.8 Å². The smallest absolute Gasteiger partial charge is 0.264 e. The van der Waals surface area contributed by atoms with Gasteiger partial charge in [-0.3, -0.25) is 13.9 Å². The molecule has 0 radical (unpaired) electrons. The van der Waals surface area contributed by atoms with Crippen LogP contribution < -0.4 is 9.62 Å². The summed E-state index contributed by atoms with van der Waals surface area (Å²) in [7, 11) is -4.23. The normalized spacial score (nSPS) is 12.9. The Morgan fingerprint density at radius 3 is 2.23 bits per heavy atom. The molecule has 2 amide bonds. The number of benzene rings is 3. The van der Waals surface area contributed by atoms with Crippen molar-refractivity contribution in [3.05, 3.63) is 94.0 Å². The van der Waals surface area contributed by atoms with Crippen molar-refractivity contribution in [2.45, 2.75) is 57.6 Å². The van der Waals surface area contributed by atoms with Crippen molar-refractivity contribution < 1.29 is 18.0 Å². The van der Waals surface area contributed by atoms with Crippen LogP contribution >= 0.6 is 23.2 Å². The molecular formula is C29H33Cl2N3O4S. The van der Waals surface area contributed by atoms with Crippen molar-refractivity contribution in [1.82, 2.24) is 10.2 Å². The van der Waals surface area contributed by atoms with Gasteiger partial charge in [0.2, 0.25) is 11.8 Å². The van der Waals surface area contributed by atoms with Gasteiger partial charge in [-0.25, -0.2) is 8.42 Å². The number of halogens is 2. The molecular weight excluding hydrogens is 557 g/mol. The van der Waals surface area contributed by atoms with E-state index in [9.17, 15) is 18.0 Å². The van der Waals surface area contributed by atoms with Crippen molar-refractivity contribution in [2.24, 2.45) is 0 Å². The predicted octanol–water partition coefficient (Wildman–Crippen LogP) is 5.83. The molecule has 7 nitrogen and oxygen atoms in total. The Hall–Kier alpha value is -3.07. The molecule has 0 heterocycles. The lowest BCUT2D eigenvalue weighted by molar-refractivity contribution is -0.139. The van der Waals surface area contributed by atoms with Crippen molar-refractivity contribution in [3.8, 4) is 0 Å². The first kappa shape index (κ1) is 30.5. The third-order valence-electron chi connectivity index (χ3n) is 6.56. The zero-order valence-corrected chi connectivity index (χ0v) is 24.7. The van der Waals surface area contributed by atoms with Gasteiger partial charge in [0.25, 0.3) is 10.0 Å². The van der Waals surface area contributed by atoms with Gasteiger partial charge in [0.1, 0.15) is 12.6 Å². The molecule has 2 unspecified atom stereocenters. The van der Waals surface area contributed by atoms with Crippen LogP contribution in [-0.4, -0.2) is 43.8 Å². The second-order valence-corrected chi connectivity index (χ2v) is 12.1. The number of hydrogen-bond acceptors (Lipinski definition) is 4. The number of rotatable bonds is 11. The molecule has 0 aliphatic heterocycles. The van der Waals surface area contributed by atoms with E-state index in [-0.39, 0.29) is 39.1 Å². The molecule has 0 saturated heterocycles.